The van der Waals surface area contributed by atoms with Crippen molar-refractivity contribution in [3.63, 3.8) is 0 Å². The molecule has 1 aliphatic heterocycles. The van der Waals surface area contributed by atoms with Crippen LogP contribution in [-0.2, 0) is 11.3 Å². The van der Waals surface area contributed by atoms with E-state index in [-0.39, 0.29) is 5.91 Å². The molecule has 4 rings (SSSR count). The Morgan fingerprint density at radius 3 is 2.62 bits per heavy atom. The van der Waals surface area contributed by atoms with Gasteiger partial charge >= 0.3 is 0 Å². The summed E-state index contributed by atoms with van der Waals surface area (Å²) < 4.78 is 2.17. The molecule has 0 spiro atoms. The minimum atomic E-state index is 0.280. The van der Waals surface area contributed by atoms with Crippen molar-refractivity contribution in [2.24, 2.45) is 5.92 Å². The van der Waals surface area contributed by atoms with Crippen LogP contribution in [0.15, 0.2) is 24.3 Å². The van der Waals surface area contributed by atoms with E-state index in [1.807, 2.05) is 25.1 Å². The van der Waals surface area contributed by atoms with Gasteiger partial charge in [0.15, 0.2) is 0 Å². The van der Waals surface area contributed by atoms with E-state index < -0.39 is 0 Å². The highest BCUT2D eigenvalue weighted by atomic mass is 16.2. The van der Waals surface area contributed by atoms with E-state index in [9.17, 15) is 4.79 Å². The van der Waals surface area contributed by atoms with E-state index in [4.69, 9.17) is 0 Å². The van der Waals surface area contributed by atoms with Crippen LogP contribution in [0.4, 0.5) is 0 Å². The number of para-hydroxylation sites is 2. The Balaban J connectivity index is 1.28. The Morgan fingerprint density at radius 2 is 1.85 bits per heavy atom. The van der Waals surface area contributed by atoms with Gasteiger partial charge in [0.2, 0.25) is 5.91 Å². The molecule has 5 nitrogen and oxygen atoms in total. The highest BCUT2D eigenvalue weighted by molar-refractivity contribution is 5.78. The molecule has 2 aromatic rings. The molecule has 1 aromatic carbocycles. The summed E-state index contributed by atoms with van der Waals surface area (Å²) in [6.07, 6.45) is 6.18. The number of carbonyl (C=O) groups excluding carboxylic acids is 1. The van der Waals surface area contributed by atoms with Crippen LogP contribution >= 0.6 is 0 Å². The Kier molecular flexibility index (Phi) is 5.25. The summed E-state index contributed by atoms with van der Waals surface area (Å²) >= 11 is 0. The summed E-state index contributed by atoms with van der Waals surface area (Å²) in [4.78, 5) is 21.9. The van der Waals surface area contributed by atoms with Gasteiger partial charge in [0.05, 0.1) is 11.0 Å². The Labute approximate surface area is 156 Å². The Hall–Kier alpha value is -1.88. The molecule has 2 heterocycles. The third-order valence-electron chi connectivity index (χ3n) is 6.11. The molecular formula is C21H30N4O. The van der Waals surface area contributed by atoms with Crippen LogP contribution in [0.3, 0.4) is 0 Å². The topological polar surface area (TPSA) is 41.4 Å². The number of piperazine rings is 1. The molecule has 5 heteroatoms. The number of carbonyl (C=O) groups is 1. The minimum Gasteiger partial charge on any atom is -0.340 e. The molecule has 0 bridgehead atoms. The van der Waals surface area contributed by atoms with Gasteiger partial charge in [-0.05, 0) is 37.8 Å². The van der Waals surface area contributed by atoms with Gasteiger partial charge in [-0.1, -0.05) is 25.0 Å². The van der Waals surface area contributed by atoms with Crippen molar-refractivity contribution in [2.45, 2.75) is 45.6 Å². The average molecular weight is 354 g/mol. The fourth-order valence-electron chi connectivity index (χ4n) is 4.58. The van der Waals surface area contributed by atoms with Crippen molar-refractivity contribution >= 4 is 16.9 Å². The van der Waals surface area contributed by atoms with Gasteiger partial charge in [-0.15, -0.1) is 0 Å². The van der Waals surface area contributed by atoms with Gasteiger partial charge in [-0.3, -0.25) is 9.69 Å². The standard InChI is InChI=1S/C21H30N4O/c1-17-22-19-8-4-5-9-20(19)25(17)11-10-21(26)24-14-12-23(13-15-24)16-18-6-2-3-7-18/h4-5,8-9,18H,2-3,6-7,10-16H2,1H3. The summed E-state index contributed by atoms with van der Waals surface area (Å²) in [6.45, 7) is 7.82. The monoisotopic (exact) mass is 354 g/mol. The number of hydrogen-bond donors (Lipinski definition) is 0. The molecule has 2 aliphatic rings. The second kappa shape index (κ2) is 7.78. The summed E-state index contributed by atoms with van der Waals surface area (Å²) in [7, 11) is 0. The minimum absolute atomic E-state index is 0.280. The van der Waals surface area contributed by atoms with Gasteiger partial charge in [0.25, 0.3) is 0 Å². The van der Waals surface area contributed by atoms with Crippen LogP contribution in [0, 0.1) is 12.8 Å². The van der Waals surface area contributed by atoms with Gasteiger partial charge < -0.3 is 9.47 Å². The van der Waals surface area contributed by atoms with E-state index in [0.29, 0.717) is 13.0 Å². The summed E-state index contributed by atoms with van der Waals surface area (Å²) in [5.41, 5.74) is 2.14. The number of rotatable bonds is 5. The van der Waals surface area contributed by atoms with Gasteiger partial charge in [0, 0.05) is 45.7 Å². The van der Waals surface area contributed by atoms with Crippen LogP contribution in [0.5, 0.6) is 0 Å². The molecule has 2 fully saturated rings. The van der Waals surface area contributed by atoms with Crippen molar-refractivity contribution in [1.29, 1.82) is 0 Å². The molecule has 1 saturated carbocycles. The fourth-order valence-corrected chi connectivity index (χ4v) is 4.58. The average Bonchev–Trinajstić information content (AvgIpc) is 3.27. The number of aromatic nitrogens is 2. The first-order chi connectivity index (χ1) is 12.7. The molecule has 0 radical (unpaired) electrons. The van der Waals surface area contributed by atoms with E-state index in [2.05, 4.69) is 25.4 Å². The molecule has 1 aromatic heterocycles. The Bertz CT molecular complexity index is 754. The number of hydrogen-bond acceptors (Lipinski definition) is 3. The summed E-state index contributed by atoms with van der Waals surface area (Å²) in [5, 5.41) is 0. The maximum atomic E-state index is 12.7. The number of fused-ring (bicyclic) bond motifs is 1. The molecule has 26 heavy (non-hydrogen) atoms. The van der Waals surface area contributed by atoms with E-state index in [0.717, 1.165) is 49.0 Å². The first kappa shape index (κ1) is 17.5. The molecular weight excluding hydrogens is 324 g/mol. The maximum Gasteiger partial charge on any atom is 0.224 e. The zero-order valence-corrected chi connectivity index (χ0v) is 15.9. The van der Waals surface area contributed by atoms with Crippen LogP contribution in [0.2, 0.25) is 0 Å². The van der Waals surface area contributed by atoms with Crippen molar-refractivity contribution in [1.82, 2.24) is 19.4 Å². The van der Waals surface area contributed by atoms with E-state index in [1.54, 1.807) is 0 Å². The molecule has 0 unspecified atom stereocenters. The molecule has 1 saturated heterocycles. The van der Waals surface area contributed by atoms with E-state index >= 15 is 0 Å². The summed E-state index contributed by atoms with van der Waals surface area (Å²) in [5.74, 6) is 2.16. The highest BCUT2D eigenvalue weighted by Gasteiger charge is 2.24. The first-order valence-electron chi connectivity index (χ1n) is 10.1. The number of imidazole rings is 1. The second-order valence-corrected chi connectivity index (χ2v) is 7.88. The predicted octanol–water partition coefficient (Wildman–Crippen LogP) is 3.07. The van der Waals surface area contributed by atoms with Crippen LogP contribution in [-0.4, -0.2) is 58.0 Å². The van der Waals surface area contributed by atoms with Gasteiger partial charge in [-0.25, -0.2) is 4.98 Å². The third kappa shape index (κ3) is 3.78. The fraction of sp³-hybridized carbons (Fsp3) is 0.619. The quantitative estimate of drug-likeness (QED) is 0.829. The van der Waals surface area contributed by atoms with Crippen LogP contribution in [0.1, 0.15) is 37.9 Å². The normalized spacial score (nSPS) is 19.5. The first-order valence-corrected chi connectivity index (χ1v) is 10.1. The smallest absolute Gasteiger partial charge is 0.224 e. The SMILES string of the molecule is Cc1nc2ccccc2n1CCC(=O)N1CCN(CC2CCCC2)CC1. The van der Waals surface area contributed by atoms with Crippen molar-refractivity contribution in [3.8, 4) is 0 Å². The summed E-state index contributed by atoms with van der Waals surface area (Å²) in [6, 6.07) is 8.16. The number of nitrogens with zero attached hydrogens (tertiary/aromatic N) is 4. The zero-order valence-electron chi connectivity index (χ0n) is 15.9. The molecule has 1 aliphatic carbocycles. The van der Waals surface area contributed by atoms with Gasteiger partial charge in [-0.2, -0.15) is 0 Å². The lowest BCUT2D eigenvalue weighted by atomic mass is 10.1. The van der Waals surface area contributed by atoms with Crippen molar-refractivity contribution < 1.29 is 4.79 Å². The molecule has 0 atom stereocenters. The van der Waals surface area contributed by atoms with Crippen molar-refractivity contribution in [2.75, 3.05) is 32.7 Å². The van der Waals surface area contributed by atoms with Crippen molar-refractivity contribution in [3.05, 3.63) is 30.1 Å². The number of benzene rings is 1. The van der Waals surface area contributed by atoms with Crippen LogP contribution < -0.4 is 0 Å². The molecule has 140 valence electrons. The lowest BCUT2D eigenvalue weighted by Gasteiger charge is -2.36. The van der Waals surface area contributed by atoms with Crippen LogP contribution in [0.25, 0.3) is 11.0 Å². The van der Waals surface area contributed by atoms with Gasteiger partial charge in [0.1, 0.15) is 5.82 Å². The molecule has 1 amide bonds. The van der Waals surface area contributed by atoms with E-state index in [1.165, 1.54) is 32.2 Å². The number of amides is 1. The lowest BCUT2D eigenvalue weighted by molar-refractivity contribution is -0.133. The zero-order chi connectivity index (χ0) is 17.9. The largest absolute Gasteiger partial charge is 0.340 e. The third-order valence-corrected chi connectivity index (χ3v) is 6.11. The Morgan fingerprint density at radius 1 is 1.12 bits per heavy atom. The predicted molar refractivity (Wildman–Crippen MR) is 104 cm³/mol. The lowest BCUT2D eigenvalue weighted by Crippen LogP contribution is -2.49. The molecule has 0 N–H and O–H groups in total. The highest BCUT2D eigenvalue weighted by Crippen LogP contribution is 2.25. The maximum absolute atomic E-state index is 12.7. The second-order valence-electron chi connectivity index (χ2n) is 7.88. The number of aryl methyl sites for hydroxylation is 2.